The minimum Gasteiger partial charge on any atom is -0.384 e. The van der Waals surface area contributed by atoms with Gasteiger partial charge in [-0.05, 0) is 80.2 Å². The van der Waals surface area contributed by atoms with Crippen LogP contribution in [0.25, 0.3) is 22.4 Å². The van der Waals surface area contributed by atoms with Crippen molar-refractivity contribution in [3.8, 4) is 11.4 Å². The molecule has 10 heteroatoms. The van der Waals surface area contributed by atoms with E-state index in [9.17, 15) is 18.4 Å². The molecule has 8 nitrogen and oxygen atoms in total. The average molecular weight is 533 g/mol. The Labute approximate surface area is 224 Å². The number of halogens is 2. The number of benzene rings is 2. The largest absolute Gasteiger partial charge is 0.384 e. The molecule has 0 unspecified atom stereocenters. The summed E-state index contributed by atoms with van der Waals surface area (Å²) in [5.41, 5.74) is 4.46. The first kappa shape index (κ1) is 25.2. The summed E-state index contributed by atoms with van der Waals surface area (Å²) in [5, 5.41) is 3.22. The van der Waals surface area contributed by atoms with Gasteiger partial charge in [-0.1, -0.05) is 0 Å². The summed E-state index contributed by atoms with van der Waals surface area (Å²) < 4.78 is 27.6. The zero-order valence-electron chi connectivity index (χ0n) is 21.7. The number of H-pyrrole nitrogens is 2. The quantitative estimate of drug-likeness (QED) is 0.316. The lowest BCUT2D eigenvalue weighted by molar-refractivity contribution is 0.0763. The van der Waals surface area contributed by atoms with E-state index in [0.717, 1.165) is 36.8 Å². The van der Waals surface area contributed by atoms with Crippen LogP contribution in [0.15, 0.2) is 41.3 Å². The minimum absolute atomic E-state index is 0.0136. The first-order valence-corrected chi connectivity index (χ1v) is 13.3. The Morgan fingerprint density at radius 3 is 2.72 bits per heavy atom. The van der Waals surface area contributed by atoms with Gasteiger partial charge in [0.2, 0.25) is 0 Å². The van der Waals surface area contributed by atoms with Crippen LogP contribution in [0.4, 0.5) is 14.5 Å². The lowest BCUT2D eigenvalue weighted by Crippen LogP contribution is -2.33. The van der Waals surface area contributed by atoms with Gasteiger partial charge in [-0.3, -0.25) is 9.59 Å². The molecule has 0 aliphatic carbocycles. The van der Waals surface area contributed by atoms with Crippen molar-refractivity contribution in [1.82, 2.24) is 24.8 Å². The van der Waals surface area contributed by atoms with Crippen molar-refractivity contribution < 1.29 is 13.6 Å². The van der Waals surface area contributed by atoms with Gasteiger partial charge >= 0.3 is 0 Å². The van der Waals surface area contributed by atoms with Crippen LogP contribution >= 0.6 is 0 Å². The van der Waals surface area contributed by atoms with Crippen LogP contribution in [0.1, 0.15) is 39.9 Å². The molecule has 3 N–H and O–H groups in total. The number of amides is 1. The van der Waals surface area contributed by atoms with Crippen LogP contribution in [0.3, 0.4) is 0 Å². The number of carbonyl (C=O) groups is 1. The van der Waals surface area contributed by atoms with E-state index >= 15 is 0 Å². The second-order valence-electron chi connectivity index (χ2n) is 10.3. The van der Waals surface area contributed by atoms with E-state index in [0.29, 0.717) is 65.3 Å². The summed E-state index contributed by atoms with van der Waals surface area (Å²) in [4.78, 5) is 40.8. The van der Waals surface area contributed by atoms with Gasteiger partial charge in [-0.2, -0.15) is 0 Å². The number of rotatable bonds is 8. The van der Waals surface area contributed by atoms with Gasteiger partial charge in [0.15, 0.2) is 0 Å². The number of carbonyl (C=O) groups excluding carboxylic acids is 1. The minimum atomic E-state index is -0.618. The number of anilines is 1. The highest BCUT2D eigenvalue weighted by atomic mass is 19.1. The molecule has 0 saturated carbocycles. The Balaban J connectivity index is 1.21. The van der Waals surface area contributed by atoms with Gasteiger partial charge < -0.3 is 25.1 Å². The van der Waals surface area contributed by atoms with E-state index in [-0.39, 0.29) is 11.5 Å². The highest BCUT2D eigenvalue weighted by molar-refractivity contribution is 6.02. The van der Waals surface area contributed by atoms with Crippen molar-refractivity contribution in [3.63, 3.8) is 0 Å². The van der Waals surface area contributed by atoms with Crippen LogP contribution in [0.5, 0.6) is 0 Å². The first-order valence-electron chi connectivity index (χ1n) is 13.3. The van der Waals surface area contributed by atoms with E-state index < -0.39 is 11.6 Å². The monoisotopic (exact) mass is 532 g/mol. The molecule has 0 atom stereocenters. The molecule has 1 saturated heterocycles. The topological polar surface area (TPSA) is 97.1 Å². The molecule has 1 amide bonds. The maximum atomic E-state index is 13.9. The molecule has 2 aliphatic rings. The highest BCUT2D eigenvalue weighted by Gasteiger charge is 2.29. The van der Waals surface area contributed by atoms with Gasteiger partial charge in [-0.25, -0.2) is 13.8 Å². The fraction of sp³-hybridized carbons (Fsp3) is 0.345. The number of hydrogen-bond donors (Lipinski definition) is 3. The van der Waals surface area contributed by atoms with Gasteiger partial charge in [0.25, 0.3) is 11.5 Å². The van der Waals surface area contributed by atoms with E-state index in [1.165, 1.54) is 25.1 Å². The lowest BCUT2D eigenvalue weighted by Gasteiger charge is -2.20. The van der Waals surface area contributed by atoms with Crippen molar-refractivity contribution in [2.45, 2.75) is 32.7 Å². The molecule has 0 radical (unpaired) electrons. The summed E-state index contributed by atoms with van der Waals surface area (Å²) in [7, 11) is 0. The van der Waals surface area contributed by atoms with Gasteiger partial charge in [-0.15, -0.1) is 0 Å². The number of nitrogens with one attached hydrogen (secondary N) is 3. The van der Waals surface area contributed by atoms with Crippen LogP contribution in [0.2, 0.25) is 0 Å². The second kappa shape index (κ2) is 10.3. The maximum Gasteiger partial charge on any atom is 0.261 e. The number of hydrogen-bond acceptors (Lipinski definition) is 5. The molecule has 4 aromatic rings. The number of imidazole rings is 1. The summed E-state index contributed by atoms with van der Waals surface area (Å²) in [6.07, 6.45) is 4.35. The zero-order valence-corrected chi connectivity index (χ0v) is 21.7. The maximum absolute atomic E-state index is 13.9. The van der Waals surface area contributed by atoms with Gasteiger partial charge in [0.1, 0.15) is 23.0 Å². The Morgan fingerprint density at radius 2 is 1.90 bits per heavy atom. The fourth-order valence-electron chi connectivity index (χ4n) is 5.60. The highest BCUT2D eigenvalue weighted by Crippen LogP contribution is 2.30. The Morgan fingerprint density at radius 1 is 1.08 bits per heavy atom. The molecule has 2 aliphatic heterocycles. The molecule has 6 rings (SSSR count). The number of aromatic nitrogens is 3. The van der Waals surface area contributed by atoms with Crippen molar-refractivity contribution >= 4 is 22.6 Å². The van der Waals surface area contributed by atoms with Gasteiger partial charge in [0.05, 0.1) is 16.7 Å². The van der Waals surface area contributed by atoms with Crippen molar-refractivity contribution in [3.05, 3.63) is 80.8 Å². The van der Waals surface area contributed by atoms with E-state index in [1.54, 1.807) is 19.1 Å². The summed E-state index contributed by atoms with van der Waals surface area (Å²) in [6.45, 7) is 6.33. The Bertz CT molecular complexity index is 1620. The zero-order chi connectivity index (χ0) is 27.1. The molecule has 2 aromatic carbocycles. The molecule has 1 fully saturated rings. The SMILES string of the molecule is Cc1c(F)cc(F)cc1CCNc1cc[nH]c(=O)c1-c1nc2cc3c(cc2[nH]1)CN(CCN1CCCC1)C3=O. The molecule has 39 heavy (non-hydrogen) atoms. The lowest BCUT2D eigenvalue weighted by atomic mass is 10.0. The number of likely N-dealkylation sites (tertiary alicyclic amines) is 1. The van der Waals surface area contributed by atoms with Crippen LogP contribution in [0, 0.1) is 18.6 Å². The van der Waals surface area contributed by atoms with Crippen LogP contribution in [-0.2, 0) is 13.0 Å². The summed E-state index contributed by atoms with van der Waals surface area (Å²) in [6, 6.07) is 7.67. The molecule has 0 bridgehead atoms. The van der Waals surface area contributed by atoms with Crippen molar-refractivity contribution in [2.75, 3.05) is 38.0 Å². The van der Waals surface area contributed by atoms with Crippen molar-refractivity contribution in [2.24, 2.45) is 0 Å². The fourth-order valence-corrected chi connectivity index (χ4v) is 5.60. The summed E-state index contributed by atoms with van der Waals surface area (Å²) in [5.74, 6) is -0.805. The van der Waals surface area contributed by atoms with Crippen molar-refractivity contribution in [1.29, 1.82) is 0 Å². The Hall–Kier alpha value is -4.05. The third-order valence-electron chi connectivity index (χ3n) is 7.79. The molecular formula is C29H30F2N6O2. The standard InChI is InChI=1S/C29H30F2N6O2/c1-17-18(12-20(30)14-22(17)31)4-6-32-23-5-7-33-28(38)26(23)27-34-24-13-19-16-37(11-10-36-8-2-3-9-36)29(39)21(19)15-25(24)35-27/h5,7,12-15H,2-4,6,8-11,16H2,1H3,(H,34,35)(H2,32,33,38). The van der Waals surface area contributed by atoms with E-state index in [2.05, 4.69) is 25.2 Å². The molecular weight excluding hydrogens is 502 g/mol. The Kier molecular flexibility index (Phi) is 6.64. The molecule has 202 valence electrons. The molecule has 0 spiro atoms. The second-order valence-corrected chi connectivity index (χ2v) is 10.3. The normalized spacial score (nSPS) is 15.5. The predicted molar refractivity (Wildman–Crippen MR) is 146 cm³/mol. The molecule has 2 aromatic heterocycles. The van der Waals surface area contributed by atoms with E-state index in [4.69, 9.17) is 0 Å². The third kappa shape index (κ3) is 4.92. The van der Waals surface area contributed by atoms with Crippen LogP contribution < -0.4 is 10.9 Å². The summed E-state index contributed by atoms with van der Waals surface area (Å²) >= 11 is 0. The molecule has 4 heterocycles. The number of pyridine rings is 1. The smallest absolute Gasteiger partial charge is 0.261 e. The average Bonchev–Trinajstić information content (AvgIpc) is 3.64. The number of nitrogens with zero attached hydrogens (tertiary/aromatic N) is 3. The third-order valence-corrected chi connectivity index (χ3v) is 7.79. The van der Waals surface area contributed by atoms with Crippen LogP contribution in [-0.4, -0.2) is 63.4 Å². The number of fused-ring (bicyclic) bond motifs is 2. The van der Waals surface area contributed by atoms with E-state index in [1.807, 2.05) is 11.0 Å². The number of aromatic amines is 2. The first-order chi connectivity index (χ1) is 18.9. The van der Waals surface area contributed by atoms with Gasteiger partial charge in [0, 0.05) is 44.0 Å². The predicted octanol–water partition coefficient (Wildman–Crippen LogP) is 4.21.